The van der Waals surface area contributed by atoms with E-state index >= 15 is 0 Å². The van der Waals surface area contributed by atoms with Crippen molar-refractivity contribution in [2.24, 2.45) is 0 Å². The van der Waals surface area contributed by atoms with Crippen molar-refractivity contribution in [1.29, 1.82) is 5.26 Å². The van der Waals surface area contributed by atoms with E-state index in [1.165, 1.54) is 10.4 Å². The molecule has 2 aromatic heterocycles. The second-order valence-electron chi connectivity index (χ2n) is 5.66. The van der Waals surface area contributed by atoms with Crippen LogP contribution in [-0.4, -0.2) is 4.98 Å². The van der Waals surface area contributed by atoms with Gasteiger partial charge in [-0.2, -0.15) is 5.26 Å². The molecule has 3 aromatic rings. The third-order valence-corrected chi connectivity index (χ3v) is 4.86. The highest BCUT2D eigenvalue weighted by Crippen LogP contribution is 2.35. The summed E-state index contributed by atoms with van der Waals surface area (Å²) < 4.78 is 0. The fraction of sp³-hybridized carbons (Fsp3) is 0.158. The Bertz CT molecular complexity index is 932. The normalized spacial score (nSPS) is 10.5. The minimum atomic E-state index is 0.283. The molecule has 0 aliphatic heterocycles. The van der Waals surface area contributed by atoms with Crippen molar-refractivity contribution in [1.82, 2.24) is 4.98 Å². The minimum absolute atomic E-state index is 0.283. The molecule has 23 heavy (non-hydrogen) atoms. The summed E-state index contributed by atoms with van der Waals surface area (Å²) in [6.45, 7) is 6.18. The third kappa shape index (κ3) is 2.84. The number of nitriles is 1. The van der Waals surface area contributed by atoms with E-state index in [-0.39, 0.29) is 5.82 Å². The molecule has 114 valence electrons. The van der Waals surface area contributed by atoms with Crippen LogP contribution in [0.5, 0.6) is 0 Å². The molecule has 2 heterocycles. The van der Waals surface area contributed by atoms with Gasteiger partial charge in [0.25, 0.3) is 0 Å². The van der Waals surface area contributed by atoms with Crippen molar-refractivity contribution in [3.8, 4) is 27.8 Å². The first kappa shape index (κ1) is 15.3. The highest BCUT2D eigenvalue weighted by molar-refractivity contribution is 7.15. The Morgan fingerprint density at radius 3 is 2.43 bits per heavy atom. The predicted octanol–water partition coefficient (Wildman–Crippen LogP) is 4.86. The Labute approximate surface area is 140 Å². The number of anilines is 1. The number of nitrogen functional groups attached to an aromatic ring is 1. The molecule has 1 aromatic carbocycles. The van der Waals surface area contributed by atoms with Gasteiger partial charge in [0, 0.05) is 20.9 Å². The second-order valence-corrected chi connectivity index (χ2v) is 6.94. The number of rotatable bonds is 2. The summed E-state index contributed by atoms with van der Waals surface area (Å²) in [7, 11) is 0. The van der Waals surface area contributed by atoms with E-state index in [4.69, 9.17) is 5.73 Å². The van der Waals surface area contributed by atoms with E-state index in [1.807, 2.05) is 12.1 Å². The first-order chi connectivity index (χ1) is 11.0. The largest absolute Gasteiger partial charge is 0.383 e. The van der Waals surface area contributed by atoms with E-state index in [9.17, 15) is 5.26 Å². The molecule has 0 saturated heterocycles. The van der Waals surface area contributed by atoms with Gasteiger partial charge in [0.15, 0.2) is 0 Å². The average Bonchev–Trinajstić information content (AvgIpc) is 2.93. The topological polar surface area (TPSA) is 62.7 Å². The number of thiophene rings is 1. The van der Waals surface area contributed by atoms with Gasteiger partial charge in [-0.05, 0) is 44.5 Å². The van der Waals surface area contributed by atoms with Crippen LogP contribution in [0.1, 0.15) is 21.6 Å². The first-order valence-electron chi connectivity index (χ1n) is 7.34. The maximum absolute atomic E-state index is 9.45. The molecular formula is C19H17N3S. The summed E-state index contributed by atoms with van der Waals surface area (Å²) >= 11 is 1.66. The summed E-state index contributed by atoms with van der Waals surface area (Å²) in [5, 5.41) is 9.45. The standard InChI is InChI=1S/C19H17N3S/c1-11-4-6-14(12(2)8-11)17-9-15(16(10-20)19(21)22-17)18-7-5-13(3)23-18/h4-9H,1-3H3,(H2,21,22). The Morgan fingerprint density at radius 2 is 1.83 bits per heavy atom. The van der Waals surface area contributed by atoms with Crippen LogP contribution in [-0.2, 0) is 0 Å². The van der Waals surface area contributed by atoms with Gasteiger partial charge in [-0.3, -0.25) is 0 Å². The molecule has 0 saturated carbocycles. The Balaban J connectivity index is 2.24. The first-order valence-corrected chi connectivity index (χ1v) is 8.16. The number of hydrogen-bond donors (Lipinski definition) is 1. The van der Waals surface area contributed by atoms with Gasteiger partial charge in [-0.25, -0.2) is 4.98 Å². The zero-order valence-corrected chi connectivity index (χ0v) is 14.2. The highest BCUT2D eigenvalue weighted by atomic mass is 32.1. The fourth-order valence-electron chi connectivity index (χ4n) is 2.69. The van der Waals surface area contributed by atoms with Crippen LogP contribution in [0.2, 0.25) is 0 Å². The maximum Gasteiger partial charge on any atom is 0.142 e. The summed E-state index contributed by atoms with van der Waals surface area (Å²) in [6, 6.07) is 14.5. The van der Waals surface area contributed by atoms with Gasteiger partial charge >= 0.3 is 0 Å². The SMILES string of the molecule is Cc1ccc(-c2cc(-c3ccc(C)s3)c(C#N)c(N)n2)c(C)c1. The zero-order chi connectivity index (χ0) is 16.6. The molecule has 0 unspecified atom stereocenters. The molecular weight excluding hydrogens is 302 g/mol. The zero-order valence-electron chi connectivity index (χ0n) is 13.3. The van der Waals surface area contributed by atoms with Crippen LogP contribution in [0.3, 0.4) is 0 Å². The van der Waals surface area contributed by atoms with E-state index < -0.39 is 0 Å². The molecule has 0 aliphatic carbocycles. The molecule has 2 N–H and O–H groups in total. The smallest absolute Gasteiger partial charge is 0.142 e. The molecule has 0 atom stereocenters. The molecule has 4 heteroatoms. The quantitative estimate of drug-likeness (QED) is 0.734. The van der Waals surface area contributed by atoms with Gasteiger partial charge in [0.2, 0.25) is 0 Å². The molecule has 0 fully saturated rings. The molecule has 0 bridgehead atoms. The number of benzene rings is 1. The van der Waals surface area contributed by atoms with Gasteiger partial charge in [0.05, 0.1) is 5.69 Å². The lowest BCUT2D eigenvalue weighted by Gasteiger charge is -2.11. The molecule has 0 aliphatic rings. The summed E-state index contributed by atoms with van der Waals surface area (Å²) in [6.07, 6.45) is 0. The molecule has 3 nitrogen and oxygen atoms in total. The van der Waals surface area contributed by atoms with Gasteiger partial charge in [0.1, 0.15) is 17.5 Å². The van der Waals surface area contributed by atoms with Gasteiger partial charge < -0.3 is 5.73 Å². The Morgan fingerprint density at radius 1 is 1.04 bits per heavy atom. The number of nitrogens with two attached hydrogens (primary N) is 1. The summed E-state index contributed by atoms with van der Waals surface area (Å²) in [5.41, 5.74) is 11.6. The van der Waals surface area contributed by atoms with Crippen LogP contribution in [0.15, 0.2) is 36.4 Å². The minimum Gasteiger partial charge on any atom is -0.383 e. The van der Waals surface area contributed by atoms with Crippen LogP contribution in [0, 0.1) is 32.1 Å². The maximum atomic E-state index is 9.45. The lowest BCUT2D eigenvalue weighted by molar-refractivity contribution is 1.29. The van der Waals surface area contributed by atoms with Crippen molar-refractivity contribution in [3.63, 3.8) is 0 Å². The van der Waals surface area contributed by atoms with Crippen LogP contribution >= 0.6 is 11.3 Å². The van der Waals surface area contributed by atoms with Crippen molar-refractivity contribution in [2.75, 3.05) is 5.73 Å². The van der Waals surface area contributed by atoms with Crippen molar-refractivity contribution in [2.45, 2.75) is 20.8 Å². The Hall–Kier alpha value is -2.64. The molecule has 0 spiro atoms. The summed E-state index contributed by atoms with van der Waals surface area (Å²) in [5.74, 6) is 0.283. The second kappa shape index (κ2) is 5.86. The lowest BCUT2D eigenvalue weighted by Crippen LogP contribution is -2.00. The number of nitrogens with zero attached hydrogens (tertiary/aromatic N) is 2. The average molecular weight is 319 g/mol. The van der Waals surface area contributed by atoms with Crippen LogP contribution in [0.4, 0.5) is 5.82 Å². The van der Waals surface area contributed by atoms with E-state index in [2.05, 4.69) is 56.1 Å². The van der Waals surface area contributed by atoms with Crippen LogP contribution < -0.4 is 5.73 Å². The van der Waals surface area contributed by atoms with E-state index in [1.54, 1.807) is 11.3 Å². The van der Waals surface area contributed by atoms with Crippen LogP contribution in [0.25, 0.3) is 21.7 Å². The molecule has 0 amide bonds. The highest BCUT2D eigenvalue weighted by Gasteiger charge is 2.15. The fourth-order valence-corrected chi connectivity index (χ4v) is 3.58. The number of pyridine rings is 1. The summed E-state index contributed by atoms with van der Waals surface area (Å²) in [4.78, 5) is 6.70. The number of aryl methyl sites for hydroxylation is 3. The lowest BCUT2D eigenvalue weighted by atomic mass is 9.99. The van der Waals surface area contributed by atoms with E-state index in [0.29, 0.717) is 5.56 Å². The Kier molecular flexibility index (Phi) is 3.89. The van der Waals surface area contributed by atoms with Gasteiger partial charge in [-0.15, -0.1) is 11.3 Å². The predicted molar refractivity (Wildman–Crippen MR) is 96.3 cm³/mol. The van der Waals surface area contributed by atoms with E-state index in [0.717, 1.165) is 27.3 Å². The van der Waals surface area contributed by atoms with Crippen molar-refractivity contribution < 1.29 is 0 Å². The number of aromatic nitrogens is 1. The molecule has 3 rings (SSSR count). The third-order valence-electron chi connectivity index (χ3n) is 3.82. The monoisotopic (exact) mass is 319 g/mol. The van der Waals surface area contributed by atoms with Crippen molar-refractivity contribution >= 4 is 17.2 Å². The van der Waals surface area contributed by atoms with Crippen molar-refractivity contribution in [3.05, 3.63) is 58.0 Å². The number of hydrogen-bond acceptors (Lipinski definition) is 4. The molecule has 0 radical (unpaired) electrons. The van der Waals surface area contributed by atoms with Gasteiger partial charge in [-0.1, -0.05) is 23.8 Å².